The van der Waals surface area contributed by atoms with Crippen molar-refractivity contribution < 1.29 is 9.18 Å². The van der Waals surface area contributed by atoms with Crippen LogP contribution in [0.15, 0.2) is 60.8 Å². The molecule has 2 heterocycles. The highest BCUT2D eigenvalue weighted by Gasteiger charge is 2.33. The van der Waals surface area contributed by atoms with E-state index in [2.05, 4.69) is 4.57 Å². The van der Waals surface area contributed by atoms with Gasteiger partial charge in [-0.05, 0) is 42.0 Å². The Morgan fingerprint density at radius 3 is 2.58 bits per heavy atom. The fourth-order valence-electron chi connectivity index (χ4n) is 3.42. The molecule has 0 unspecified atom stereocenters. The molecule has 0 saturated heterocycles. The number of rotatable bonds is 2. The van der Waals surface area contributed by atoms with Crippen molar-refractivity contribution in [3.63, 3.8) is 0 Å². The average Bonchev–Trinajstić information content (AvgIpc) is 3.12. The Kier molecular flexibility index (Phi) is 4.47. The van der Waals surface area contributed by atoms with Crippen LogP contribution in [0.5, 0.6) is 0 Å². The largest absolute Gasteiger partial charge is 0.348 e. The number of amides is 1. The van der Waals surface area contributed by atoms with Gasteiger partial charge >= 0.3 is 0 Å². The first-order valence-corrected chi connectivity index (χ1v) is 8.97. The summed E-state index contributed by atoms with van der Waals surface area (Å²) in [6, 6.07) is 14.9. The van der Waals surface area contributed by atoms with Crippen LogP contribution in [0.25, 0.3) is 0 Å². The smallest absolute Gasteiger partial charge is 0.257 e. The van der Waals surface area contributed by atoms with Gasteiger partial charge in [0.1, 0.15) is 5.82 Å². The highest BCUT2D eigenvalue weighted by Crippen LogP contribution is 2.36. The third kappa shape index (κ3) is 2.89. The second-order valence-corrected chi connectivity index (χ2v) is 7.00. The SMILES string of the molecule is O=C(c1ccccc1F)N1CCn2cccc2[C@H]1c1ccc(Cl)c(Cl)c1. The molecule has 1 aliphatic rings. The van der Waals surface area contributed by atoms with E-state index in [1.165, 1.54) is 12.1 Å². The van der Waals surface area contributed by atoms with E-state index < -0.39 is 5.82 Å². The monoisotopic (exact) mass is 388 g/mol. The molecule has 2 aromatic carbocycles. The first-order valence-electron chi connectivity index (χ1n) is 8.22. The molecular weight excluding hydrogens is 374 g/mol. The molecule has 1 aliphatic heterocycles. The van der Waals surface area contributed by atoms with E-state index in [0.717, 1.165) is 11.3 Å². The van der Waals surface area contributed by atoms with Crippen LogP contribution in [0.3, 0.4) is 0 Å². The number of aromatic nitrogens is 1. The number of fused-ring (bicyclic) bond motifs is 1. The topological polar surface area (TPSA) is 25.2 Å². The summed E-state index contributed by atoms with van der Waals surface area (Å²) in [5.74, 6) is -0.863. The molecule has 0 fully saturated rings. The molecule has 1 aromatic heterocycles. The van der Waals surface area contributed by atoms with Crippen molar-refractivity contribution >= 4 is 29.1 Å². The highest BCUT2D eigenvalue weighted by atomic mass is 35.5. The number of hydrogen-bond acceptors (Lipinski definition) is 1. The van der Waals surface area contributed by atoms with Crippen LogP contribution in [0.2, 0.25) is 10.0 Å². The van der Waals surface area contributed by atoms with Crippen LogP contribution in [-0.2, 0) is 6.54 Å². The third-order valence-electron chi connectivity index (χ3n) is 4.66. The molecule has 26 heavy (non-hydrogen) atoms. The van der Waals surface area contributed by atoms with E-state index in [1.807, 2.05) is 24.4 Å². The lowest BCUT2D eigenvalue weighted by molar-refractivity contribution is 0.0659. The summed E-state index contributed by atoms with van der Waals surface area (Å²) in [5.41, 5.74) is 1.86. The van der Waals surface area contributed by atoms with Crippen LogP contribution in [-0.4, -0.2) is 21.9 Å². The minimum atomic E-state index is -0.522. The van der Waals surface area contributed by atoms with Gasteiger partial charge in [-0.25, -0.2) is 4.39 Å². The second-order valence-electron chi connectivity index (χ2n) is 6.18. The Morgan fingerprint density at radius 1 is 1.00 bits per heavy atom. The molecular formula is C20H15Cl2FN2O. The Bertz CT molecular complexity index is 985. The zero-order chi connectivity index (χ0) is 18.3. The Morgan fingerprint density at radius 2 is 1.81 bits per heavy atom. The lowest BCUT2D eigenvalue weighted by Gasteiger charge is -2.37. The zero-order valence-corrected chi connectivity index (χ0v) is 15.2. The Labute approximate surface area is 160 Å². The molecule has 132 valence electrons. The van der Waals surface area contributed by atoms with Crippen molar-refractivity contribution in [3.05, 3.63) is 93.5 Å². The molecule has 3 aromatic rings. The van der Waals surface area contributed by atoms with Crippen molar-refractivity contribution in [1.82, 2.24) is 9.47 Å². The molecule has 6 heteroatoms. The summed E-state index contributed by atoms with van der Waals surface area (Å²) < 4.78 is 16.3. The number of halogens is 3. The van der Waals surface area contributed by atoms with E-state index in [1.54, 1.807) is 29.2 Å². The number of nitrogens with zero attached hydrogens (tertiary/aromatic N) is 2. The number of carbonyl (C=O) groups is 1. The molecule has 4 rings (SSSR count). The standard InChI is InChI=1S/C20H15Cl2FN2O/c21-15-8-7-13(12-16(15)22)19-18-6-3-9-24(18)10-11-25(19)20(26)14-4-1-2-5-17(14)23/h1-9,12,19H,10-11H2/t19-/m1/s1. The number of hydrogen-bond donors (Lipinski definition) is 0. The second kappa shape index (κ2) is 6.78. The van der Waals surface area contributed by atoms with E-state index in [0.29, 0.717) is 23.1 Å². The van der Waals surface area contributed by atoms with Crippen LogP contribution < -0.4 is 0 Å². The molecule has 3 nitrogen and oxygen atoms in total. The lowest BCUT2D eigenvalue weighted by Crippen LogP contribution is -2.42. The first-order chi connectivity index (χ1) is 12.6. The third-order valence-corrected chi connectivity index (χ3v) is 5.40. The van der Waals surface area contributed by atoms with Crippen LogP contribution in [0.1, 0.15) is 27.7 Å². The molecule has 0 radical (unpaired) electrons. The molecule has 0 spiro atoms. The summed E-state index contributed by atoms with van der Waals surface area (Å²) in [5, 5.41) is 0.875. The van der Waals surface area contributed by atoms with E-state index >= 15 is 0 Å². The lowest BCUT2D eigenvalue weighted by atomic mass is 9.98. The Hall–Kier alpha value is -2.30. The van der Waals surface area contributed by atoms with Crippen LogP contribution in [0.4, 0.5) is 4.39 Å². The summed E-state index contributed by atoms with van der Waals surface area (Å²) in [4.78, 5) is 14.8. The van der Waals surface area contributed by atoms with Crippen molar-refractivity contribution in [2.45, 2.75) is 12.6 Å². The molecule has 1 amide bonds. The molecule has 0 N–H and O–H groups in total. The quantitative estimate of drug-likeness (QED) is 0.593. The van der Waals surface area contributed by atoms with E-state index in [-0.39, 0.29) is 17.5 Å². The van der Waals surface area contributed by atoms with Crippen molar-refractivity contribution in [1.29, 1.82) is 0 Å². The average molecular weight is 389 g/mol. The summed E-state index contributed by atoms with van der Waals surface area (Å²) in [7, 11) is 0. The minimum absolute atomic E-state index is 0.0672. The molecule has 1 atom stereocenters. The molecule has 0 bridgehead atoms. The summed E-state index contributed by atoms with van der Waals surface area (Å²) in [6.07, 6.45) is 1.98. The minimum Gasteiger partial charge on any atom is -0.348 e. The maximum absolute atomic E-state index is 14.2. The summed E-state index contributed by atoms with van der Waals surface area (Å²) in [6.45, 7) is 1.13. The molecule has 0 saturated carbocycles. The van der Waals surface area contributed by atoms with E-state index in [4.69, 9.17) is 23.2 Å². The van der Waals surface area contributed by atoms with Crippen LogP contribution >= 0.6 is 23.2 Å². The van der Waals surface area contributed by atoms with Crippen molar-refractivity contribution in [3.8, 4) is 0 Å². The fourth-order valence-corrected chi connectivity index (χ4v) is 3.73. The first kappa shape index (κ1) is 17.1. The van der Waals surface area contributed by atoms with Gasteiger partial charge < -0.3 is 9.47 Å². The van der Waals surface area contributed by atoms with Crippen LogP contribution in [0, 0.1) is 5.82 Å². The molecule has 0 aliphatic carbocycles. The maximum Gasteiger partial charge on any atom is 0.257 e. The maximum atomic E-state index is 14.2. The number of benzene rings is 2. The van der Waals surface area contributed by atoms with Gasteiger partial charge in [0.2, 0.25) is 0 Å². The number of carbonyl (C=O) groups excluding carboxylic acids is 1. The zero-order valence-electron chi connectivity index (χ0n) is 13.7. The van der Waals surface area contributed by atoms with Gasteiger partial charge in [-0.3, -0.25) is 4.79 Å². The van der Waals surface area contributed by atoms with Crippen molar-refractivity contribution in [2.75, 3.05) is 6.54 Å². The van der Waals surface area contributed by atoms with Gasteiger partial charge in [-0.2, -0.15) is 0 Å². The van der Waals surface area contributed by atoms with Gasteiger partial charge in [0.25, 0.3) is 5.91 Å². The predicted octanol–water partition coefficient (Wildman–Crippen LogP) is 5.18. The summed E-state index contributed by atoms with van der Waals surface area (Å²) >= 11 is 12.2. The predicted molar refractivity (Wildman–Crippen MR) is 100 cm³/mol. The van der Waals surface area contributed by atoms with Gasteiger partial charge in [0, 0.05) is 25.0 Å². The fraction of sp³-hybridized carbons (Fsp3) is 0.150. The highest BCUT2D eigenvalue weighted by molar-refractivity contribution is 6.42. The Balaban J connectivity index is 1.82. The van der Waals surface area contributed by atoms with Gasteiger partial charge in [0.05, 0.1) is 21.7 Å². The van der Waals surface area contributed by atoms with Gasteiger partial charge in [-0.1, -0.05) is 41.4 Å². The van der Waals surface area contributed by atoms with Gasteiger partial charge in [-0.15, -0.1) is 0 Å². The van der Waals surface area contributed by atoms with Gasteiger partial charge in [0.15, 0.2) is 0 Å². The normalized spacial score (nSPS) is 16.4. The van der Waals surface area contributed by atoms with E-state index in [9.17, 15) is 9.18 Å². The van der Waals surface area contributed by atoms with Crippen molar-refractivity contribution in [2.24, 2.45) is 0 Å².